The Kier molecular flexibility index (Phi) is 5.62. The molecule has 2 N–H and O–H groups in total. The minimum atomic E-state index is 0.421. The maximum atomic E-state index is 6.25. The van der Waals surface area contributed by atoms with Gasteiger partial charge in [-0.3, -0.25) is 0 Å². The van der Waals surface area contributed by atoms with Gasteiger partial charge in [-0.2, -0.15) is 11.8 Å². The molecule has 0 spiro atoms. The van der Waals surface area contributed by atoms with Crippen LogP contribution >= 0.6 is 11.8 Å². The molecule has 0 saturated heterocycles. The quantitative estimate of drug-likeness (QED) is 0.805. The fraction of sp³-hybridized carbons (Fsp3) is 1.00. The maximum absolute atomic E-state index is 6.25. The molecule has 0 bridgehead atoms. The van der Waals surface area contributed by atoms with Crippen LogP contribution in [0.2, 0.25) is 0 Å². The predicted octanol–water partition coefficient (Wildman–Crippen LogP) is 2.43. The van der Waals surface area contributed by atoms with Gasteiger partial charge in [0.2, 0.25) is 0 Å². The standard InChI is InChI=1S/C13H28N2S/c1-13(2)6-5-12(14)11(9-13)10-15(3)7-8-16-4/h11-12H,5-10,14H2,1-4H3. The van der Waals surface area contributed by atoms with Gasteiger partial charge in [0.15, 0.2) is 0 Å². The first-order valence-corrected chi connectivity index (χ1v) is 7.77. The highest BCUT2D eigenvalue weighted by Crippen LogP contribution is 2.38. The van der Waals surface area contributed by atoms with Gasteiger partial charge in [0.05, 0.1) is 0 Å². The molecule has 0 amide bonds. The van der Waals surface area contributed by atoms with Gasteiger partial charge in [0.1, 0.15) is 0 Å². The second-order valence-corrected chi connectivity index (χ2v) is 7.07. The molecule has 0 aromatic carbocycles. The molecule has 3 heteroatoms. The summed E-state index contributed by atoms with van der Waals surface area (Å²) in [7, 11) is 2.23. The maximum Gasteiger partial charge on any atom is 0.00797 e. The summed E-state index contributed by atoms with van der Waals surface area (Å²) in [5, 5.41) is 0. The Morgan fingerprint density at radius 2 is 2.12 bits per heavy atom. The van der Waals surface area contributed by atoms with E-state index < -0.39 is 0 Å². The van der Waals surface area contributed by atoms with Crippen LogP contribution in [0.3, 0.4) is 0 Å². The molecule has 0 aromatic rings. The van der Waals surface area contributed by atoms with Crippen LogP contribution in [0.1, 0.15) is 33.1 Å². The molecule has 1 saturated carbocycles. The van der Waals surface area contributed by atoms with E-state index in [4.69, 9.17) is 5.73 Å². The molecule has 0 heterocycles. The molecular formula is C13H28N2S. The molecule has 0 aliphatic heterocycles. The first-order chi connectivity index (χ1) is 7.44. The van der Waals surface area contributed by atoms with Crippen molar-refractivity contribution in [3.63, 3.8) is 0 Å². The van der Waals surface area contributed by atoms with Gasteiger partial charge in [0, 0.05) is 24.9 Å². The summed E-state index contributed by atoms with van der Waals surface area (Å²) in [5.41, 5.74) is 6.75. The summed E-state index contributed by atoms with van der Waals surface area (Å²) in [5.74, 6) is 1.91. The van der Waals surface area contributed by atoms with Crippen molar-refractivity contribution in [2.45, 2.75) is 39.2 Å². The molecule has 0 radical (unpaired) electrons. The minimum Gasteiger partial charge on any atom is -0.327 e. The zero-order valence-electron chi connectivity index (χ0n) is 11.3. The van der Waals surface area contributed by atoms with Gasteiger partial charge in [-0.15, -0.1) is 0 Å². The van der Waals surface area contributed by atoms with E-state index in [9.17, 15) is 0 Å². The third kappa shape index (κ3) is 4.64. The summed E-state index contributed by atoms with van der Waals surface area (Å²) in [6.45, 7) is 7.12. The van der Waals surface area contributed by atoms with Crippen LogP contribution in [-0.2, 0) is 0 Å². The average molecular weight is 244 g/mol. The van der Waals surface area contributed by atoms with E-state index in [-0.39, 0.29) is 0 Å². The van der Waals surface area contributed by atoms with Crippen molar-refractivity contribution in [3.8, 4) is 0 Å². The third-order valence-corrected chi connectivity index (χ3v) is 4.39. The molecule has 1 rings (SSSR count). The van der Waals surface area contributed by atoms with E-state index in [0.29, 0.717) is 17.4 Å². The molecule has 1 aliphatic carbocycles. The lowest BCUT2D eigenvalue weighted by Gasteiger charge is -2.40. The highest BCUT2D eigenvalue weighted by atomic mass is 32.2. The lowest BCUT2D eigenvalue weighted by molar-refractivity contribution is 0.127. The summed E-state index contributed by atoms with van der Waals surface area (Å²) in [6, 6.07) is 0.421. The van der Waals surface area contributed by atoms with E-state index in [2.05, 4.69) is 32.1 Å². The van der Waals surface area contributed by atoms with Crippen molar-refractivity contribution in [2.75, 3.05) is 32.1 Å². The van der Waals surface area contributed by atoms with Crippen LogP contribution in [0.4, 0.5) is 0 Å². The largest absolute Gasteiger partial charge is 0.327 e. The smallest absolute Gasteiger partial charge is 0.00797 e. The summed E-state index contributed by atoms with van der Waals surface area (Å²) in [4.78, 5) is 2.45. The van der Waals surface area contributed by atoms with Crippen molar-refractivity contribution in [2.24, 2.45) is 17.1 Å². The zero-order valence-corrected chi connectivity index (χ0v) is 12.1. The summed E-state index contributed by atoms with van der Waals surface area (Å²) >= 11 is 1.92. The van der Waals surface area contributed by atoms with Crippen LogP contribution in [0.5, 0.6) is 0 Å². The molecule has 0 aromatic heterocycles. The van der Waals surface area contributed by atoms with Gasteiger partial charge in [-0.25, -0.2) is 0 Å². The average Bonchev–Trinajstić information content (AvgIpc) is 2.20. The number of rotatable bonds is 5. The lowest BCUT2D eigenvalue weighted by atomic mass is 9.70. The normalized spacial score (nSPS) is 29.6. The van der Waals surface area contributed by atoms with Gasteiger partial charge in [-0.1, -0.05) is 13.8 Å². The molecule has 1 fully saturated rings. The van der Waals surface area contributed by atoms with Gasteiger partial charge < -0.3 is 10.6 Å². The van der Waals surface area contributed by atoms with Crippen molar-refractivity contribution >= 4 is 11.8 Å². The Balaban J connectivity index is 2.38. The van der Waals surface area contributed by atoms with E-state index in [1.807, 2.05) is 11.8 Å². The van der Waals surface area contributed by atoms with Crippen LogP contribution in [0.15, 0.2) is 0 Å². The monoisotopic (exact) mass is 244 g/mol. The molecule has 96 valence electrons. The van der Waals surface area contributed by atoms with Crippen molar-refractivity contribution in [1.29, 1.82) is 0 Å². The Hall–Kier alpha value is 0.270. The van der Waals surface area contributed by atoms with Gasteiger partial charge in [-0.05, 0) is 43.9 Å². The van der Waals surface area contributed by atoms with E-state index in [1.54, 1.807) is 0 Å². The summed E-state index contributed by atoms with van der Waals surface area (Å²) < 4.78 is 0. The Bertz CT molecular complexity index is 206. The predicted molar refractivity (Wildman–Crippen MR) is 75.0 cm³/mol. The second-order valence-electron chi connectivity index (χ2n) is 6.09. The number of nitrogens with two attached hydrogens (primary N) is 1. The lowest BCUT2D eigenvalue weighted by Crippen LogP contribution is -2.44. The fourth-order valence-electron chi connectivity index (χ4n) is 2.70. The number of thioether (sulfide) groups is 1. The Morgan fingerprint density at radius 1 is 1.44 bits per heavy atom. The van der Waals surface area contributed by atoms with E-state index in [0.717, 1.165) is 0 Å². The Labute approximate surface area is 105 Å². The van der Waals surface area contributed by atoms with Crippen molar-refractivity contribution in [1.82, 2.24) is 4.90 Å². The minimum absolute atomic E-state index is 0.421. The first-order valence-electron chi connectivity index (χ1n) is 6.38. The topological polar surface area (TPSA) is 29.3 Å². The Morgan fingerprint density at radius 3 is 2.75 bits per heavy atom. The molecule has 1 aliphatic rings. The SMILES string of the molecule is CSCCN(C)CC1CC(C)(C)CCC1N. The number of hydrogen-bond donors (Lipinski definition) is 1. The zero-order chi connectivity index (χ0) is 12.2. The molecular weight excluding hydrogens is 216 g/mol. The van der Waals surface area contributed by atoms with Crippen molar-refractivity contribution < 1.29 is 0 Å². The molecule has 2 unspecified atom stereocenters. The van der Waals surface area contributed by atoms with Crippen LogP contribution in [-0.4, -0.2) is 43.1 Å². The van der Waals surface area contributed by atoms with E-state index in [1.165, 1.54) is 38.1 Å². The van der Waals surface area contributed by atoms with Crippen LogP contribution in [0.25, 0.3) is 0 Å². The molecule has 2 nitrogen and oxygen atoms in total. The second kappa shape index (κ2) is 6.27. The van der Waals surface area contributed by atoms with Gasteiger partial charge in [0.25, 0.3) is 0 Å². The van der Waals surface area contributed by atoms with Crippen molar-refractivity contribution in [3.05, 3.63) is 0 Å². The summed E-state index contributed by atoms with van der Waals surface area (Å²) in [6.07, 6.45) is 5.95. The van der Waals surface area contributed by atoms with Gasteiger partial charge >= 0.3 is 0 Å². The van der Waals surface area contributed by atoms with E-state index >= 15 is 0 Å². The number of hydrogen-bond acceptors (Lipinski definition) is 3. The highest BCUT2D eigenvalue weighted by molar-refractivity contribution is 7.98. The molecule has 16 heavy (non-hydrogen) atoms. The van der Waals surface area contributed by atoms with Crippen LogP contribution in [0, 0.1) is 11.3 Å². The van der Waals surface area contributed by atoms with Crippen LogP contribution < -0.4 is 5.73 Å². The fourth-order valence-corrected chi connectivity index (χ4v) is 3.19. The first kappa shape index (κ1) is 14.3. The molecule has 2 atom stereocenters. The third-order valence-electron chi connectivity index (χ3n) is 3.80. The highest BCUT2D eigenvalue weighted by Gasteiger charge is 2.33. The number of nitrogens with zero attached hydrogens (tertiary/aromatic N) is 1.